The Kier molecular flexibility index (Phi) is 4.87. The molecule has 5 unspecified atom stereocenters. The van der Waals surface area contributed by atoms with Gasteiger partial charge in [0.05, 0.1) is 0 Å². The number of hydrogen-bond acceptors (Lipinski definition) is 2. The Morgan fingerprint density at radius 3 is 2.53 bits per heavy atom. The maximum Gasteiger partial charge on any atom is 0.0111 e. The van der Waals surface area contributed by atoms with Crippen LogP contribution in [-0.4, -0.2) is 19.1 Å². The lowest BCUT2D eigenvalue weighted by molar-refractivity contribution is 0.152. The van der Waals surface area contributed by atoms with Gasteiger partial charge in [0.15, 0.2) is 0 Å². The van der Waals surface area contributed by atoms with E-state index in [1.165, 1.54) is 51.4 Å². The van der Waals surface area contributed by atoms with Crippen LogP contribution in [-0.2, 0) is 0 Å². The van der Waals surface area contributed by atoms with Crippen molar-refractivity contribution in [3.05, 3.63) is 0 Å². The van der Waals surface area contributed by atoms with Gasteiger partial charge in [0.2, 0.25) is 0 Å². The van der Waals surface area contributed by atoms with Crippen LogP contribution in [0, 0.1) is 17.8 Å². The summed E-state index contributed by atoms with van der Waals surface area (Å²) in [4.78, 5) is 0. The molecule has 5 atom stereocenters. The molecular formula is C15H30N2. The fraction of sp³-hybridized carbons (Fsp3) is 1.00. The molecule has 17 heavy (non-hydrogen) atoms. The fourth-order valence-corrected chi connectivity index (χ4v) is 4.16. The third-order valence-corrected chi connectivity index (χ3v) is 5.21. The van der Waals surface area contributed by atoms with Gasteiger partial charge in [-0.3, -0.25) is 0 Å². The maximum absolute atomic E-state index is 6.61. The second kappa shape index (κ2) is 6.19. The van der Waals surface area contributed by atoms with Crippen molar-refractivity contribution in [1.29, 1.82) is 0 Å². The molecule has 0 radical (unpaired) electrons. The van der Waals surface area contributed by atoms with E-state index >= 15 is 0 Å². The van der Waals surface area contributed by atoms with E-state index in [2.05, 4.69) is 19.3 Å². The normalized spacial score (nSPS) is 41.1. The molecule has 0 amide bonds. The number of nitrogens with two attached hydrogens (primary N) is 1. The molecule has 0 bridgehead atoms. The molecule has 2 fully saturated rings. The van der Waals surface area contributed by atoms with Gasteiger partial charge in [0, 0.05) is 12.1 Å². The van der Waals surface area contributed by atoms with Crippen LogP contribution in [0.15, 0.2) is 0 Å². The van der Waals surface area contributed by atoms with Crippen molar-refractivity contribution >= 4 is 0 Å². The van der Waals surface area contributed by atoms with Crippen LogP contribution in [0.2, 0.25) is 0 Å². The topological polar surface area (TPSA) is 38.0 Å². The first-order chi connectivity index (χ1) is 8.22. The van der Waals surface area contributed by atoms with E-state index in [0.717, 1.165) is 17.8 Å². The van der Waals surface area contributed by atoms with E-state index in [1.54, 1.807) is 0 Å². The Morgan fingerprint density at radius 2 is 1.82 bits per heavy atom. The van der Waals surface area contributed by atoms with Gasteiger partial charge in [-0.25, -0.2) is 0 Å². The standard InChI is InChI=1S/C15H30N2/c1-11-6-5-7-12(10-11)15(16)13-8-3-4-9-14(13)17-2/h11-15,17H,3-10,16H2,1-2H3. The van der Waals surface area contributed by atoms with E-state index in [4.69, 9.17) is 5.73 Å². The van der Waals surface area contributed by atoms with Crippen LogP contribution in [0.4, 0.5) is 0 Å². The van der Waals surface area contributed by atoms with Crippen molar-refractivity contribution in [2.75, 3.05) is 7.05 Å². The fourth-order valence-electron chi connectivity index (χ4n) is 4.16. The van der Waals surface area contributed by atoms with Gasteiger partial charge in [-0.15, -0.1) is 0 Å². The monoisotopic (exact) mass is 238 g/mol. The molecule has 100 valence electrons. The largest absolute Gasteiger partial charge is 0.327 e. The average Bonchev–Trinajstić information content (AvgIpc) is 2.38. The molecule has 0 aliphatic heterocycles. The number of rotatable bonds is 3. The molecule has 2 aliphatic rings. The van der Waals surface area contributed by atoms with Gasteiger partial charge in [-0.05, 0) is 50.5 Å². The lowest BCUT2D eigenvalue weighted by Crippen LogP contribution is -2.49. The Balaban J connectivity index is 1.94. The third kappa shape index (κ3) is 3.23. The number of nitrogens with one attached hydrogen (secondary N) is 1. The first kappa shape index (κ1) is 13.4. The van der Waals surface area contributed by atoms with E-state index in [9.17, 15) is 0 Å². The lowest BCUT2D eigenvalue weighted by Gasteiger charge is -2.41. The lowest BCUT2D eigenvalue weighted by atomic mass is 9.70. The molecule has 2 aliphatic carbocycles. The second-order valence-corrected chi connectivity index (χ2v) is 6.45. The van der Waals surface area contributed by atoms with Crippen LogP contribution in [0.5, 0.6) is 0 Å². The predicted molar refractivity (Wildman–Crippen MR) is 73.9 cm³/mol. The Morgan fingerprint density at radius 1 is 1.06 bits per heavy atom. The highest BCUT2D eigenvalue weighted by atomic mass is 14.9. The summed E-state index contributed by atoms with van der Waals surface area (Å²) in [5.74, 6) is 2.41. The Bertz CT molecular complexity index is 229. The zero-order valence-electron chi connectivity index (χ0n) is 11.6. The molecule has 0 aromatic heterocycles. The first-order valence-electron chi connectivity index (χ1n) is 7.65. The summed E-state index contributed by atoms with van der Waals surface area (Å²) in [6, 6.07) is 1.12. The van der Waals surface area contributed by atoms with Crippen LogP contribution in [0.1, 0.15) is 58.3 Å². The minimum atomic E-state index is 0.440. The first-order valence-corrected chi connectivity index (χ1v) is 7.65. The molecule has 2 heteroatoms. The van der Waals surface area contributed by atoms with E-state index in [1.807, 2.05) is 0 Å². The van der Waals surface area contributed by atoms with Gasteiger partial charge < -0.3 is 11.1 Å². The van der Waals surface area contributed by atoms with Crippen molar-refractivity contribution in [2.45, 2.75) is 70.4 Å². The van der Waals surface area contributed by atoms with E-state index < -0.39 is 0 Å². The SMILES string of the molecule is CNC1CCCCC1C(N)C1CCCC(C)C1. The molecule has 0 saturated heterocycles. The van der Waals surface area contributed by atoms with Gasteiger partial charge >= 0.3 is 0 Å². The van der Waals surface area contributed by atoms with Crippen LogP contribution in [0.3, 0.4) is 0 Å². The maximum atomic E-state index is 6.61. The molecular weight excluding hydrogens is 208 g/mol. The van der Waals surface area contributed by atoms with Crippen molar-refractivity contribution in [3.8, 4) is 0 Å². The van der Waals surface area contributed by atoms with Crippen LogP contribution >= 0.6 is 0 Å². The Hall–Kier alpha value is -0.0800. The van der Waals surface area contributed by atoms with Crippen molar-refractivity contribution in [1.82, 2.24) is 5.32 Å². The van der Waals surface area contributed by atoms with Gasteiger partial charge in [0.1, 0.15) is 0 Å². The van der Waals surface area contributed by atoms with E-state index in [-0.39, 0.29) is 0 Å². The predicted octanol–water partition coefficient (Wildman–Crippen LogP) is 2.92. The smallest absolute Gasteiger partial charge is 0.0111 e. The molecule has 3 N–H and O–H groups in total. The summed E-state index contributed by atoms with van der Waals surface area (Å²) < 4.78 is 0. The highest BCUT2D eigenvalue weighted by Gasteiger charge is 2.34. The molecule has 0 spiro atoms. The molecule has 2 rings (SSSR count). The molecule has 0 aromatic carbocycles. The van der Waals surface area contributed by atoms with Gasteiger partial charge in [-0.1, -0.05) is 32.6 Å². The zero-order chi connectivity index (χ0) is 12.3. The second-order valence-electron chi connectivity index (χ2n) is 6.45. The van der Waals surface area contributed by atoms with E-state index in [0.29, 0.717) is 12.1 Å². The summed E-state index contributed by atoms with van der Waals surface area (Å²) in [7, 11) is 2.11. The Labute approximate surface area is 107 Å². The van der Waals surface area contributed by atoms with Crippen molar-refractivity contribution in [2.24, 2.45) is 23.5 Å². The third-order valence-electron chi connectivity index (χ3n) is 5.21. The van der Waals surface area contributed by atoms with Gasteiger partial charge in [-0.2, -0.15) is 0 Å². The molecule has 0 heterocycles. The highest BCUT2D eigenvalue weighted by molar-refractivity contribution is 4.91. The minimum absolute atomic E-state index is 0.440. The summed E-state index contributed by atoms with van der Waals surface area (Å²) in [6.45, 7) is 2.40. The van der Waals surface area contributed by atoms with Crippen LogP contribution in [0.25, 0.3) is 0 Å². The average molecular weight is 238 g/mol. The molecule has 2 saturated carbocycles. The molecule has 0 aromatic rings. The summed E-state index contributed by atoms with van der Waals surface area (Å²) in [6.07, 6.45) is 11.0. The van der Waals surface area contributed by atoms with Crippen LogP contribution < -0.4 is 11.1 Å². The summed E-state index contributed by atoms with van der Waals surface area (Å²) in [5, 5.41) is 3.51. The minimum Gasteiger partial charge on any atom is -0.327 e. The summed E-state index contributed by atoms with van der Waals surface area (Å²) in [5.41, 5.74) is 6.61. The molecule has 2 nitrogen and oxygen atoms in total. The van der Waals surface area contributed by atoms with Crippen molar-refractivity contribution < 1.29 is 0 Å². The van der Waals surface area contributed by atoms with Gasteiger partial charge in [0.25, 0.3) is 0 Å². The highest BCUT2D eigenvalue weighted by Crippen LogP contribution is 2.36. The zero-order valence-corrected chi connectivity index (χ0v) is 11.6. The number of hydrogen-bond donors (Lipinski definition) is 2. The van der Waals surface area contributed by atoms with Crippen molar-refractivity contribution in [3.63, 3.8) is 0 Å². The quantitative estimate of drug-likeness (QED) is 0.793. The summed E-state index contributed by atoms with van der Waals surface area (Å²) >= 11 is 0.